The van der Waals surface area contributed by atoms with Gasteiger partial charge in [-0.2, -0.15) is 0 Å². The molecule has 0 amide bonds. The van der Waals surface area contributed by atoms with Gasteiger partial charge in [-0.05, 0) is 43.1 Å². The molecule has 0 radical (unpaired) electrons. The van der Waals surface area contributed by atoms with Crippen molar-refractivity contribution in [1.29, 1.82) is 0 Å². The van der Waals surface area contributed by atoms with Gasteiger partial charge in [-0.15, -0.1) is 0 Å². The highest BCUT2D eigenvalue weighted by Crippen LogP contribution is 2.36. The van der Waals surface area contributed by atoms with E-state index in [9.17, 15) is 8.42 Å². The largest absolute Gasteiger partial charge is 0.326 e. The number of benzene rings is 1. The van der Waals surface area contributed by atoms with Gasteiger partial charge in [0.05, 0.1) is 4.90 Å². The summed E-state index contributed by atoms with van der Waals surface area (Å²) in [7, 11) is -3.28. The molecule has 1 aromatic carbocycles. The van der Waals surface area contributed by atoms with Gasteiger partial charge in [0.15, 0.2) is 0 Å². The molecule has 0 saturated carbocycles. The third kappa shape index (κ3) is 2.41. The summed E-state index contributed by atoms with van der Waals surface area (Å²) in [5.74, 6) is 0. The van der Waals surface area contributed by atoms with Gasteiger partial charge in [-0.25, -0.2) is 8.42 Å². The van der Waals surface area contributed by atoms with Crippen LogP contribution in [0.15, 0.2) is 28.5 Å². The van der Waals surface area contributed by atoms with Crippen LogP contribution in [0, 0.1) is 0 Å². The topological polar surface area (TPSA) is 63.4 Å². The number of fused-ring (bicyclic) bond motifs is 1. The van der Waals surface area contributed by atoms with Crippen molar-refractivity contribution < 1.29 is 8.42 Å². The lowest BCUT2D eigenvalue weighted by Gasteiger charge is -2.27. The van der Waals surface area contributed by atoms with Crippen LogP contribution in [0.25, 0.3) is 5.57 Å². The van der Waals surface area contributed by atoms with Crippen LogP contribution in [0.1, 0.15) is 30.4 Å². The minimum Gasteiger partial charge on any atom is -0.326 e. The summed E-state index contributed by atoms with van der Waals surface area (Å²) in [6.45, 7) is 3.19. The van der Waals surface area contributed by atoms with Gasteiger partial charge < -0.3 is 5.73 Å². The molecular formula is C15H20N2O2S. The Kier molecular flexibility index (Phi) is 3.67. The van der Waals surface area contributed by atoms with E-state index < -0.39 is 9.84 Å². The first kappa shape index (κ1) is 13.8. The molecule has 3 rings (SSSR count). The number of rotatable bonds is 3. The molecule has 0 aliphatic carbocycles. The summed E-state index contributed by atoms with van der Waals surface area (Å²) >= 11 is 0. The van der Waals surface area contributed by atoms with Crippen molar-refractivity contribution in [2.75, 3.05) is 19.6 Å². The predicted octanol–water partition coefficient (Wildman–Crippen LogP) is 1.76. The molecule has 2 aliphatic rings. The summed E-state index contributed by atoms with van der Waals surface area (Å²) < 4.78 is 24.5. The Morgan fingerprint density at radius 1 is 1.15 bits per heavy atom. The highest BCUT2D eigenvalue weighted by atomic mass is 32.2. The average Bonchev–Trinajstić information content (AvgIpc) is 2.71. The molecule has 0 unspecified atom stereocenters. The number of hydrogen-bond donors (Lipinski definition) is 1. The third-order valence-electron chi connectivity index (χ3n) is 4.10. The highest BCUT2D eigenvalue weighted by Gasteiger charge is 2.29. The summed E-state index contributed by atoms with van der Waals surface area (Å²) in [5, 5.41) is 1.44. The van der Waals surface area contributed by atoms with Crippen LogP contribution < -0.4 is 5.73 Å². The second kappa shape index (κ2) is 5.31. The number of piperidine rings is 1. The van der Waals surface area contributed by atoms with Crippen molar-refractivity contribution in [3.05, 3.63) is 34.7 Å². The second-order valence-electron chi connectivity index (χ2n) is 5.52. The lowest BCUT2D eigenvalue weighted by molar-refractivity contribution is 0.255. The molecule has 4 nitrogen and oxygen atoms in total. The Morgan fingerprint density at radius 3 is 2.60 bits per heavy atom. The van der Waals surface area contributed by atoms with E-state index in [1.165, 1.54) is 24.7 Å². The van der Waals surface area contributed by atoms with Crippen LogP contribution in [0.4, 0.5) is 0 Å². The summed E-state index contributed by atoms with van der Waals surface area (Å²) in [6, 6.07) is 5.38. The molecule has 0 atom stereocenters. The van der Waals surface area contributed by atoms with Gasteiger partial charge in [-0.3, -0.25) is 4.90 Å². The van der Waals surface area contributed by atoms with Gasteiger partial charge in [0.25, 0.3) is 0 Å². The molecule has 1 saturated heterocycles. The quantitative estimate of drug-likeness (QED) is 0.922. The Bertz CT molecular complexity index is 644. The summed E-state index contributed by atoms with van der Waals surface area (Å²) in [6.07, 6.45) is 3.68. The van der Waals surface area contributed by atoms with Gasteiger partial charge in [0.1, 0.15) is 0 Å². The van der Waals surface area contributed by atoms with Gasteiger partial charge in [0, 0.05) is 24.1 Å². The Balaban J connectivity index is 1.97. The van der Waals surface area contributed by atoms with Crippen molar-refractivity contribution in [2.24, 2.45) is 5.73 Å². The maximum Gasteiger partial charge on any atom is 0.200 e. The van der Waals surface area contributed by atoms with Crippen LogP contribution in [0.2, 0.25) is 0 Å². The van der Waals surface area contributed by atoms with E-state index in [-0.39, 0.29) is 0 Å². The lowest BCUT2D eigenvalue weighted by atomic mass is 9.99. The highest BCUT2D eigenvalue weighted by molar-refractivity contribution is 7.95. The Hall–Kier alpha value is -1.17. The Labute approximate surface area is 120 Å². The molecule has 0 spiro atoms. The van der Waals surface area contributed by atoms with Crippen molar-refractivity contribution in [3.63, 3.8) is 0 Å². The number of sulfone groups is 1. The minimum absolute atomic E-state index is 0.371. The fraction of sp³-hybridized carbons (Fsp3) is 0.467. The maximum absolute atomic E-state index is 12.2. The first-order valence-electron chi connectivity index (χ1n) is 7.12. The van der Waals surface area contributed by atoms with Crippen LogP contribution in [0.5, 0.6) is 0 Å². The molecule has 108 valence electrons. The monoisotopic (exact) mass is 292 g/mol. The molecule has 20 heavy (non-hydrogen) atoms. The Morgan fingerprint density at radius 2 is 1.90 bits per heavy atom. The molecule has 2 aliphatic heterocycles. The SMILES string of the molecule is NCc1cccc2c1C(CN1CCCCC1)=CS2(=O)=O. The number of hydrogen-bond acceptors (Lipinski definition) is 4. The molecule has 0 bridgehead atoms. The zero-order valence-electron chi connectivity index (χ0n) is 11.5. The van der Waals surface area contributed by atoms with Crippen LogP contribution >= 0.6 is 0 Å². The standard InChI is InChI=1S/C15H20N2O2S/c16-9-12-5-4-6-14-15(12)13(11-20(14,18)19)10-17-7-2-1-3-8-17/h4-6,11H,1-3,7-10,16H2. The van der Waals surface area contributed by atoms with E-state index in [0.717, 1.165) is 29.8 Å². The first-order chi connectivity index (χ1) is 9.62. The zero-order valence-corrected chi connectivity index (χ0v) is 12.3. The normalized spacial score (nSPS) is 21.6. The van der Waals surface area contributed by atoms with Crippen molar-refractivity contribution >= 4 is 15.4 Å². The molecule has 0 aromatic heterocycles. The second-order valence-corrected chi connectivity index (χ2v) is 7.28. The van der Waals surface area contributed by atoms with Crippen LogP contribution in [-0.2, 0) is 16.4 Å². The maximum atomic E-state index is 12.2. The van der Waals surface area contributed by atoms with Crippen LogP contribution in [0.3, 0.4) is 0 Å². The summed E-state index contributed by atoms with van der Waals surface area (Å²) in [5.41, 5.74) is 8.45. The lowest BCUT2D eigenvalue weighted by Crippen LogP contribution is -2.31. The molecule has 5 heteroatoms. The predicted molar refractivity (Wildman–Crippen MR) is 79.8 cm³/mol. The first-order valence-corrected chi connectivity index (χ1v) is 8.67. The minimum atomic E-state index is -3.28. The van der Waals surface area contributed by atoms with Crippen molar-refractivity contribution in [2.45, 2.75) is 30.7 Å². The molecular weight excluding hydrogens is 272 g/mol. The molecule has 2 N–H and O–H groups in total. The van der Waals surface area contributed by atoms with E-state index in [4.69, 9.17) is 5.73 Å². The van der Waals surface area contributed by atoms with Gasteiger partial charge in [0.2, 0.25) is 9.84 Å². The number of nitrogens with two attached hydrogens (primary N) is 1. The van der Waals surface area contributed by atoms with E-state index in [1.807, 2.05) is 6.07 Å². The molecule has 1 aromatic rings. The zero-order chi connectivity index (χ0) is 14.2. The smallest absolute Gasteiger partial charge is 0.200 e. The third-order valence-corrected chi connectivity index (χ3v) is 5.65. The summed E-state index contributed by atoms with van der Waals surface area (Å²) in [4.78, 5) is 2.76. The molecule has 1 fully saturated rings. The van der Waals surface area contributed by atoms with Crippen molar-refractivity contribution in [3.8, 4) is 0 Å². The van der Waals surface area contributed by atoms with E-state index in [0.29, 0.717) is 18.0 Å². The van der Waals surface area contributed by atoms with E-state index >= 15 is 0 Å². The fourth-order valence-electron chi connectivity index (χ4n) is 3.13. The van der Waals surface area contributed by atoms with Crippen LogP contribution in [-0.4, -0.2) is 33.0 Å². The van der Waals surface area contributed by atoms with Crippen molar-refractivity contribution in [1.82, 2.24) is 4.90 Å². The number of likely N-dealkylation sites (tertiary alicyclic amines) is 1. The number of nitrogens with zero attached hydrogens (tertiary/aromatic N) is 1. The molecule has 2 heterocycles. The van der Waals surface area contributed by atoms with E-state index in [2.05, 4.69) is 4.90 Å². The van der Waals surface area contributed by atoms with Gasteiger partial charge in [-0.1, -0.05) is 18.6 Å². The van der Waals surface area contributed by atoms with E-state index in [1.54, 1.807) is 12.1 Å². The van der Waals surface area contributed by atoms with Gasteiger partial charge >= 0.3 is 0 Å². The average molecular weight is 292 g/mol. The fourth-order valence-corrected chi connectivity index (χ4v) is 4.64.